The van der Waals surface area contributed by atoms with Crippen molar-refractivity contribution in [1.29, 1.82) is 0 Å². The average molecular weight is 525 g/mol. The normalized spacial score (nSPS) is 26.4. The van der Waals surface area contributed by atoms with Crippen LogP contribution in [-0.4, -0.2) is 43.8 Å². The molecule has 39 heavy (non-hydrogen) atoms. The number of carbonyl (C=O) groups excluding carboxylic acids is 2. The predicted octanol–water partition coefficient (Wildman–Crippen LogP) is 4.93. The van der Waals surface area contributed by atoms with Gasteiger partial charge in [0.05, 0.1) is 18.2 Å². The van der Waals surface area contributed by atoms with Crippen LogP contribution in [0, 0.1) is 0 Å². The minimum Gasteiger partial charge on any atom is -0.350 e. The highest BCUT2D eigenvalue weighted by Crippen LogP contribution is 2.40. The van der Waals surface area contributed by atoms with Gasteiger partial charge in [0.2, 0.25) is 0 Å². The molecule has 0 spiro atoms. The zero-order valence-corrected chi connectivity index (χ0v) is 20.9. The van der Waals surface area contributed by atoms with Gasteiger partial charge in [-0.05, 0) is 37.0 Å². The van der Waals surface area contributed by atoms with Gasteiger partial charge in [-0.25, -0.2) is 0 Å². The van der Waals surface area contributed by atoms with Crippen LogP contribution in [0.25, 0.3) is 33.0 Å². The fourth-order valence-electron chi connectivity index (χ4n) is 5.23. The number of likely N-dealkylation sites (tertiary alicyclic amines) is 1. The molecule has 194 valence electrons. The average Bonchev–Trinajstić information content (AvgIpc) is 3.68. The summed E-state index contributed by atoms with van der Waals surface area (Å²) in [6.07, 6.45) is -2.58. The van der Waals surface area contributed by atoms with Crippen molar-refractivity contribution in [3.63, 3.8) is 0 Å². The summed E-state index contributed by atoms with van der Waals surface area (Å²) in [6, 6.07) is 14.9. The fourth-order valence-corrected chi connectivity index (χ4v) is 5.23. The molecule has 1 N–H and O–H groups in total. The van der Waals surface area contributed by atoms with E-state index < -0.39 is 50.1 Å². The Morgan fingerprint density at radius 3 is 2.18 bits per heavy atom. The summed E-state index contributed by atoms with van der Waals surface area (Å²) in [5, 5.41) is 3.28. The fraction of sp³-hybridized carbons (Fsp3) is 0.219. The lowest BCUT2D eigenvalue weighted by molar-refractivity contribution is -0.122. The van der Waals surface area contributed by atoms with Crippen molar-refractivity contribution < 1.29 is 21.9 Å². The lowest BCUT2D eigenvalue weighted by Crippen LogP contribution is -2.34. The van der Waals surface area contributed by atoms with E-state index in [1.165, 1.54) is 18.3 Å². The topological polar surface area (TPSA) is 72.2 Å². The number of benzene rings is 2. The van der Waals surface area contributed by atoms with Crippen molar-refractivity contribution in [3.8, 4) is 0 Å². The van der Waals surface area contributed by atoms with Crippen LogP contribution < -0.4 is 5.32 Å². The summed E-state index contributed by atoms with van der Waals surface area (Å²) >= 11 is 0. The minimum atomic E-state index is -3.43. The molecule has 7 nitrogen and oxygen atoms in total. The summed E-state index contributed by atoms with van der Waals surface area (Å²) in [6.45, 7) is -7.11. The summed E-state index contributed by atoms with van der Waals surface area (Å²) < 4.78 is 84.8. The Kier molecular flexibility index (Phi) is 3.79. The van der Waals surface area contributed by atoms with E-state index >= 15 is 0 Å². The highest BCUT2D eigenvalue weighted by atomic mass is 16.2. The molecular weight excluding hydrogens is 486 g/mol. The molecule has 0 saturated carbocycles. The molecule has 2 amide bonds. The molecule has 0 atom stereocenters. The Hall–Kier alpha value is -4.49. The van der Waals surface area contributed by atoms with Gasteiger partial charge in [0.15, 0.2) is 0 Å². The number of carbonyl (C=O) groups is 2. The van der Waals surface area contributed by atoms with Gasteiger partial charge in [-0.15, -0.1) is 0 Å². The van der Waals surface area contributed by atoms with E-state index in [9.17, 15) is 11.0 Å². The highest BCUT2D eigenvalue weighted by Gasteiger charge is 2.36. The van der Waals surface area contributed by atoms with E-state index in [2.05, 4.69) is 10.3 Å². The Balaban J connectivity index is 1.49. The Labute approximate surface area is 239 Å². The van der Waals surface area contributed by atoms with E-state index in [4.69, 9.17) is 11.0 Å². The zero-order chi connectivity index (χ0) is 34.6. The number of hydrogen-bond acceptors (Lipinski definition) is 4. The van der Waals surface area contributed by atoms with Crippen LogP contribution in [0.2, 0.25) is 0 Å². The Morgan fingerprint density at radius 2 is 1.49 bits per heavy atom. The van der Waals surface area contributed by atoms with Crippen molar-refractivity contribution in [1.82, 2.24) is 24.3 Å². The van der Waals surface area contributed by atoms with Crippen molar-refractivity contribution in [3.05, 3.63) is 102 Å². The molecule has 2 aromatic carbocycles. The van der Waals surface area contributed by atoms with Crippen molar-refractivity contribution in [2.24, 2.45) is 7.05 Å². The third kappa shape index (κ3) is 3.97. The first-order valence-corrected chi connectivity index (χ1v) is 12.4. The van der Waals surface area contributed by atoms with Crippen LogP contribution in [0.1, 0.15) is 47.9 Å². The maximum absolute atomic E-state index is 13.6. The molecule has 0 unspecified atom stereocenters. The number of nitrogens with one attached hydrogen (secondary N) is 1. The van der Waals surface area contributed by atoms with Crippen molar-refractivity contribution >= 4 is 44.8 Å². The molecule has 5 heterocycles. The van der Waals surface area contributed by atoms with E-state index in [-0.39, 0.29) is 33.3 Å². The first-order valence-electron chi connectivity index (χ1n) is 16.9. The zero-order valence-electron chi connectivity index (χ0n) is 29.9. The maximum atomic E-state index is 13.6. The lowest BCUT2D eigenvalue weighted by Gasteiger charge is -2.33. The SMILES string of the molecule is [2H]C1([2H])N(Cc2ccccn2)C([2H])([2H])C([2H])([2H])C([2H])(n2cc(C3=C(c4cn(C)c5ccccc45)C(=O)NC3=O)c3ccccc32)C1([2H])[2H]. The third-order valence-corrected chi connectivity index (χ3v) is 6.98. The molecule has 0 radical (unpaired) electrons. The number of aryl methyl sites for hydroxylation is 1. The van der Waals surface area contributed by atoms with Gasteiger partial charge >= 0.3 is 0 Å². The van der Waals surface area contributed by atoms with Crippen LogP contribution in [-0.2, 0) is 23.2 Å². The van der Waals surface area contributed by atoms with Crippen LogP contribution in [0.5, 0.6) is 0 Å². The molecule has 0 aliphatic carbocycles. The molecule has 1 saturated heterocycles. The quantitative estimate of drug-likeness (QED) is 0.331. The number of aromatic nitrogens is 3. The maximum Gasteiger partial charge on any atom is 0.259 e. The van der Waals surface area contributed by atoms with Crippen molar-refractivity contribution in [2.75, 3.05) is 13.0 Å². The number of fused-ring (bicyclic) bond motifs is 2. The molecule has 2 aliphatic heterocycles. The van der Waals surface area contributed by atoms with E-state index in [1.807, 2.05) is 12.1 Å². The largest absolute Gasteiger partial charge is 0.350 e. The number of piperidine rings is 1. The Bertz CT molecular complexity index is 2160. The molecule has 3 aromatic heterocycles. The number of imide groups is 1. The second kappa shape index (κ2) is 9.36. The summed E-state index contributed by atoms with van der Waals surface area (Å²) in [4.78, 5) is 31.5. The van der Waals surface area contributed by atoms with Gasteiger partial charge < -0.3 is 9.13 Å². The first-order chi connectivity index (χ1) is 22.5. The first kappa shape index (κ1) is 15.8. The van der Waals surface area contributed by atoms with Crippen molar-refractivity contribution in [2.45, 2.75) is 25.3 Å². The molecule has 7 heteroatoms. The third-order valence-electron chi connectivity index (χ3n) is 6.98. The monoisotopic (exact) mass is 524 g/mol. The van der Waals surface area contributed by atoms with E-state index in [0.717, 1.165) is 16.3 Å². The Morgan fingerprint density at radius 1 is 0.872 bits per heavy atom. The predicted molar refractivity (Wildman–Crippen MR) is 153 cm³/mol. The van der Waals surface area contributed by atoms with Gasteiger partial charge in [-0.2, -0.15) is 0 Å². The minimum absolute atomic E-state index is 0.0283. The van der Waals surface area contributed by atoms with Crippen LogP contribution in [0.3, 0.4) is 0 Å². The summed E-state index contributed by atoms with van der Waals surface area (Å²) in [5.41, 5.74) is 1.47. The lowest BCUT2D eigenvalue weighted by atomic mass is 9.95. The highest BCUT2D eigenvalue weighted by molar-refractivity contribution is 6.50. The summed E-state index contributed by atoms with van der Waals surface area (Å²) in [5.74, 6) is -1.43. The van der Waals surface area contributed by atoms with Crippen LogP contribution in [0.15, 0.2) is 85.3 Å². The number of rotatable bonds is 5. The molecule has 5 aromatic rings. The van der Waals surface area contributed by atoms with E-state index in [0.29, 0.717) is 15.8 Å². The standard InChI is InChI=1S/C32H29N5O2/c1-35-19-25(23-9-2-4-11-27(23)35)29-30(32(39)34-31(29)38)26-20-37(28-12-5-3-10-24(26)28)22-13-16-36(17-14-22)18-21-8-6-7-15-33-21/h2-12,15,19-20,22H,13-14,16-18H2,1H3,(H,34,38,39)/i13D2,14D2,16D2,17D2,22D. The smallest absolute Gasteiger partial charge is 0.259 e. The van der Waals surface area contributed by atoms with Gasteiger partial charge in [-0.3, -0.25) is 24.8 Å². The number of amides is 2. The van der Waals surface area contributed by atoms with E-state index in [1.54, 1.807) is 60.3 Å². The number of hydrogen-bond donors (Lipinski definition) is 1. The summed E-state index contributed by atoms with van der Waals surface area (Å²) in [7, 11) is 1.79. The number of nitrogens with zero attached hydrogens (tertiary/aromatic N) is 4. The molecule has 1 fully saturated rings. The molecule has 7 rings (SSSR count). The second-order valence-corrected chi connectivity index (χ2v) is 9.36. The molecule has 2 aliphatic rings. The van der Waals surface area contributed by atoms with Crippen LogP contribution >= 0.6 is 0 Å². The van der Waals surface area contributed by atoms with Gasteiger partial charge in [-0.1, -0.05) is 42.5 Å². The second-order valence-electron chi connectivity index (χ2n) is 9.36. The molecular formula is C32H29N5O2. The number of para-hydroxylation sites is 2. The van der Waals surface area contributed by atoms with Gasteiger partial charge in [0, 0.05) is 95.1 Å². The van der Waals surface area contributed by atoms with Gasteiger partial charge in [0.25, 0.3) is 11.8 Å². The molecule has 0 bridgehead atoms. The van der Waals surface area contributed by atoms with Gasteiger partial charge in [0.1, 0.15) is 0 Å². The number of pyridine rings is 1. The van der Waals surface area contributed by atoms with Crippen LogP contribution in [0.4, 0.5) is 0 Å².